The quantitative estimate of drug-likeness (QED) is 0.581. The Balaban J connectivity index is 1.58. The highest BCUT2D eigenvalue weighted by atomic mass is 19.1. The van der Waals surface area contributed by atoms with E-state index in [1.54, 1.807) is 30.3 Å². The van der Waals surface area contributed by atoms with Crippen LogP contribution in [0.3, 0.4) is 0 Å². The zero-order chi connectivity index (χ0) is 17.2. The second-order valence-electron chi connectivity index (χ2n) is 5.49. The van der Waals surface area contributed by atoms with Crippen LogP contribution < -0.4 is 5.32 Å². The average molecular weight is 332 g/mol. The van der Waals surface area contributed by atoms with Crippen molar-refractivity contribution in [2.45, 2.75) is 0 Å². The second-order valence-corrected chi connectivity index (χ2v) is 5.49. The highest BCUT2D eigenvalue weighted by Gasteiger charge is 2.15. The Bertz CT molecular complexity index is 1070. The van der Waals surface area contributed by atoms with Gasteiger partial charge < -0.3 is 9.73 Å². The number of anilines is 1. The molecule has 0 spiro atoms. The molecule has 0 atom stereocenters. The van der Waals surface area contributed by atoms with Gasteiger partial charge in [0.25, 0.3) is 5.91 Å². The standard InChI is InChI=1S/C20H13FN2O2/c21-15-7-3-2-6-14(15)17-10-11-18(25-17)20(24)23-19-12-9-13-5-1-4-8-16(13)22-19/h1-12H,(H,22,23,24). The first-order chi connectivity index (χ1) is 12.2. The molecular formula is C20H13FN2O2. The summed E-state index contributed by atoms with van der Waals surface area (Å²) in [7, 11) is 0. The summed E-state index contributed by atoms with van der Waals surface area (Å²) in [6.07, 6.45) is 0. The van der Waals surface area contributed by atoms with Gasteiger partial charge in [0.2, 0.25) is 0 Å². The third-order valence-electron chi connectivity index (χ3n) is 3.81. The predicted molar refractivity (Wildman–Crippen MR) is 93.8 cm³/mol. The van der Waals surface area contributed by atoms with Crippen LogP contribution in [-0.4, -0.2) is 10.9 Å². The van der Waals surface area contributed by atoms with Crippen molar-refractivity contribution in [3.63, 3.8) is 0 Å². The molecule has 2 aromatic heterocycles. The van der Waals surface area contributed by atoms with E-state index in [9.17, 15) is 9.18 Å². The first-order valence-corrected chi connectivity index (χ1v) is 7.72. The summed E-state index contributed by atoms with van der Waals surface area (Å²) in [5.74, 6) is -0.0270. The number of aromatic nitrogens is 1. The summed E-state index contributed by atoms with van der Waals surface area (Å²) < 4.78 is 19.3. The Hall–Kier alpha value is -3.47. The predicted octanol–water partition coefficient (Wildman–Crippen LogP) is 4.89. The number of hydrogen-bond donors (Lipinski definition) is 1. The molecule has 0 radical (unpaired) electrons. The van der Waals surface area contributed by atoms with Crippen LogP contribution in [0, 0.1) is 5.82 Å². The van der Waals surface area contributed by atoms with Crippen LogP contribution in [0.25, 0.3) is 22.2 Å². The summed E-state index contributed by atoms with van der Waals surface area (Å²) in [5, 5.41) is 3.68. The molecule has 2 heterocycles. The summed E-state index contributed by atoms with van der Waals surface area (Å²) in [5.41, 5.74) is 1.09. The topological polar surface area (TPSA) is 55.1 Å². The molecule has 4 aromatic rings. The SMILES string of the molecule is O=C(Nc1ccc2ccccc2n1)c1ccc(-c2ccccc2F)o1. The van der Waals surface area contributed by atoms with E-state index in [1.165, 1.54) is 12.1 Å². The smallest absolute Gasteiger partial charge is 0.292 e. The molecule has 0 fully saturated rings. The van der Waals surface area contributed by atoms with Crippen molar-refractivity contribution < 1.29 is 13.6 Å². The van der Waals surface area contributed by atoms with Gasteiger partial charge in [-0.05, 0) is 42.5 Å². The van der Waals surface area contributed by atoms with Crippen molar-refractivity contribution in [1.29, 1.82) is 0 Å². The lowest BCUT2D eigenvalue weighted by atomic mass is 10.1. The molecule has 5 heteroatoms. The zero-order valence-corrected chi connectivity index (χ0v) is 13.1. The molecule has 4 rings (SSSR count). The number of amides is 1. The zero-order valence-electron chi connectivity index (χ0n) is 13.1. The number of nitrogens with zero attached hydrogens (tertiary/aromatic N) is 1. The van der Waals surface area contributed by atoms with E-state index in [1.807, 2.05) is 30.3 Å². The number of halogens is 1. The number of fused-ring (bicyclic) bond motifs is 1. The summed E-state index contributed by atoms with van der Waals surface area (Å²) in [6, 6.07) is 20.6. The van der Waals surface area contributed by atoms with E-state index in [2.05, 4.69) is 10.3 Å². The fourth-order valence-corrected chi connectivity index (χ4v) is 2.58. The maximum absolute atomic E-state index is 13.8. The van der Waals surface area contributed by atoms with Crippen molar-refractivity contribution in [2.24, 2.45) is 0 Å². The Morgan fingerprint density at radius 1 is 0.920 bits per heavy atom. The number of benzene rings is 2. The Kier molecular flexibility index (Phi) is 3.74. The number of pyridine rings is 1. The van der Waals surface area contributed by atoms with E-state index in [4.69, 9.17) is 4.42 Å². The lowest BCUT2D eigenvalue weighted by Crippen LogP contribution is -2.11. The Labute approximate surface area is 142 Å². The summed E-state index contributed by atoms with van der Waals surface area (Å²) in [6.45, 7) is 0. The minimum atomic E-state index is -0.439. The Morgan fingerprint density at radius 3 is 2.60 bits per heavy atom. The third kappa shape index (κ3) is 2.99. The number of carbonyl (C=O) groups is 1. The summed E-state index contributed by atoms with van der Waals surface area (Å²) >= 11 is 0. The number of hydrogen-bond acceptors (Lipinski definition) is 3. The van der Waals surface area contributed by atoms with Gasteiger partial charge in [0.05, 0.1) is 11.1 Å². The van der Waals surface area contributed by atoms with Gasteiger partial charge in [-0.3, -0.25) is 4.79 Å². The van der Waals surface area contributed by atoms with Crippen LogP contribution in [-0.2, 0) is 0 Å². The number of para-hydroxylation sites is 1. The minimum Gasteiger partial charge on any atom is -0.451 e. The molecule has 0 bridgehead atoms. The van der Waals surface area contributed by atoms with Gasteiger partial charge in [-0.15, -0.1) is 0 Å². The minimum absolute atomic E-state index is 0.0909. The molecule has 1 amide bonds. The highest BCUT2D eigenvalue weighted by molar-refractivity contribution is 6.02. The average Bonchev–Trinajstić information content (AvgIpc) is 3.12. The number of nitrogens with one attached hydrogen (secondary N) is 1. The van der Waals surface area contributed by atoms with Gasteiger partial charge in [0.15, 0.2) is 5.76 Å². The fraction of sp³-hybridized carbons (Fsp3) is 0. The molecule has 0 aliphatic carbocycles. The third-order valence-corrected chi connectivity index (χ3v) is 3.81. The molecule has 122 valence electrons. The monoisotopic (exact) mass is 332 g/mol. The molecule has 4 nitrogen and oxygen atoms in total. The molecule has 0 unspecified atom stereocenters. The van der Waals surface area contributed by atoms with Crippen molar-refractivity contribution in [2.75, 3.05) is 5.32 Å². The molecule has 0 saturated heterocycles. The maximum atomic E-state index is 13.8. The van der Waals surface area contributed by atoms with E-state index in [0.717, 1.165) is 10.9 Å². The molecule has 2 aromatic carbocycles. The van der Waals surface area contributed by atoms with E-state index >= 15 is 0 Å². The normalized spacial score (nSPS) is 10.8. The van der Waals surface area contributed by atoms with Crippen LogP contribution in [0.15, 0.2) is 77.2 Å². The van der Waals surface area contributed by atoms with Gasteiger partial charge in [-0.2, -0.15) is 0 Å². The highest BCUT2D eigenvalue weighted by Crippen LogP contribution is 2.25. The van der Waals surface area contributed by atoms with Crippen LogP contribution in [0.4, 0.5) is 10.2 Å². The van der Waals surface area contributed by atoms with Crippen LogP contribution in [0.5, 0.6) is 0 Å². The number of furan rings is 1. The second kappa shape index (κ2) is 6.20. The van der Waals surface area contributed by atoms with Crippen molar-refractivity contribution >= 4 is 22.6 Å². The maximum Gasteiger partial charge on any atom is 0.292 e. The van der Waals surface area contributed by atoms with Crippen LogP contribution in [0.2, 0.25) is 0 Å². The Morgan fingerprint density at radius 2 is 1.72 bits per heavy atom. The summed E-state index contributed by atoms with van der Waals surface area (Å²) in [4.78, 5) is 16.7. The van der Waals surface area contributed by atoms with Gasteiger partial charge in [-0.25, -0.2) is 9.37 Å². The van der Waals surface area contributed by atoms with Crippen molar-refractivity contribution in [3.05, 3.63) is 84.4 Å². The van der Waals surface area contributed by atoms with E-state index in [0.29, 0.717) is 17.1 Å². The first-order valence-electron chi connectivity index (χ1n) is 7.72. The molecule has 0 aliphatic rings. The van der Waals surface area contributed by atoms with Crippen molar-refractivity contribution in [1.82, 2.24) is 4.98 Å². The first kappa shape index (κ1) is 15.1. The van der Waals surface area contributed by atoms with Gasteiger partial charge in [0.1, 0.15) is 17.4 Å². The molecule has 0 saturated carbocycles. The molecule has 0 aliphatic heterocycles. The van der Waals surface area contributed by atoms with E-state index < -0.39 is 11.7 Å². The lowest BCUT2D eigenvalue weighted by Gasteiger charge is -2.04. The lowest BCUT2D eigenvalue weighted by molar-refractivity contribution is 0.0997. The molecular weight excluding hydrogens is 319 g/mol. The fourth-order valence-electron chi connectivity index (χ4n) is 2.58. The van der Waals surface area contributed by atoms with Crippen LogP contribution >= 0.6 is 0 Å². The van der Waals surface area contributed by atoms with Gasteiger partial charge >= 0.3 is 0 Å². The molecule has 1 N–H and O–H groups in total. The molecule has 25 heavy (non-hydrogen) atoms. The van der Waals surface area contributed by atoms with Crippen molar-refractivity contribution in [3.8, 4) is 11.3 Å². The largest absolute Gasteiger partial charge is 0.451 e. The van der Waals surface area contributed by atoms with Gasteiger partial charge in [-0.1, -0.05) is 30.3 Å². The number of carbonyl (C=O) groups excluding carboxylic acids is 1. The van der Waals surface area contributed by atoms with Crippen LogP contribution in [0.1, 0.15) is 10.6 Å². The number of rotatable bonds is 3. The van der Waals surface area contributed by atoms with Gasteiger partial charge in [0, 0.05) is 5.39 Å². The van der Waals surface area contributed by atoms with E-state index in [-0.39, 0.29) is 5.76 Å².